The number of carbonyl (C=O) groups excluding carboxylic acids is 3. The smallest absolute Gasteiger partial charge is 0.319 e. The Morgan fingerprint density at radius 1 is 1.16 bits per heavy atom. The Hall–Kier alpha value is -2.62. The van der Waals surface area contributed by atoms with Crippen molar-refractivity contribution in [3.8, 4) is 17.2 Å². The minimum Gasteiger partial charge on any atom is -0.493 e. The fraction of sp³-hybridized carbons (Fsp3) is 0.400. The second-order valence-electron chi connectivity index (χ2n) is 4.89. The van der Waals surface area contributed by atoms with Gasteiger partial charge < -0.3 is 24.8 Å². The summed E-state index contributed by atoms with van der Waals surface area (Å²) < 4.78 is 15.6. The molecular weight excluding hydrogens is 350 g/mol. The van der Waals surface area contributed by atoms with Gasteiger partial charge in [0, 0.05) is 25.2 Å². The van der Waals surface area contributed by atoms with Gasteiger partial charge in [-0.05, 0) is 0 Å². The van der Waals surface area contributed by atoms with Crippen molar-refractivity contribution in [1.82, 2.24) is 10.2 Å². The third-order valence-corrected chi connectivity index (χ3v) is 4.24. The molecular formula is C15H19N3O6S. The molecule has 25 heavy (non-hydrogen) atoms. The molecule has 2 N–H and O–H groups in total. The van der Waals surface area contributed by atoms with Crippen LogP contribution in [0.5, 0.6) is 17.2 Å². The summed E-state index contributed by atoms with van der Waals surface area (Å²) in [5, 5.41) is 4.92. The Kier molecular flexibility index (Phi) is 6.34. The summed E-state index contributed by atoms with van der Waals surface area (Å²) in [6.45, 7) is 0.279. The lowest BCUT2D eigenvalue weighted by Gasteiger charge is -2.16. The maximum absolute atomic E-state index is 12.0. The Balaban J connectivity index is 1.94. The van der Waals surface area contributed by atoms with Crippen LogP contribution in [0, 0.1) is 0 Å². The van der Waals surface area contributed by atoms with Gasteiger partial charge in [0.25, 0.3) is 5.24 Å². The normalized spacial score (nSPS) is 13.6. The number of methoxy groups -OCH3 is 3. The first-order valence-corrected chi connectivity index (χ1v) is 8.30. The maximum Gasteiger partial charge on any atom is 0.319 e. The van der Waals surface area contributed by atoms with Crippen molar-refractivity contribution in [3.63, 3.8) is 0 Å². The molecule has 0 aliphatic carbocycles. The van der Waals surface area contributed by atoms with E-state index in [-0.39, 0.29) is 30.0 Å². The second kappa shape index (κ2) is 8.47. The lowest BCUT2D eigenvalue weighted by atomic mass is 10.2. The summed E-state index contributed by atoms with van der Waals surface area (Å²) >= 11 is 0.956. The molecule has 1 saturated heterocycles. The third-order valence-electron chi connectivity index (χ3n) is 3.38. The summed E-state index contributed by atoms with van der Waals surface area (Å²) in [6, 6.07) is 2.69. The fourth-order valence-electron chi connectivity index (χ4n) is 2.21. The lowest BCUT2D eigenvalue weighted by Crippen LogP contribution is -2.39. The number of thioether (sulfide) groups is 1. The molecule has 0 unspecified atom stereocenters. The predicted molar refractivity (Wildman–Crippen MR) is 92.7 cm³/mol. The monoisotopic (exact) mass is 369 g/mol. The Morgan fingerprint density at radius 3 is 2.28 bits per heavy atom. The summed E-state index contributed by atoms with van der Waals surface area (Å²) in [5.74, 6) is 1.13. The second-order valence-corrected chi connectivity index (χ2v) is 5.82. The van der Waals surface area contributed by atoms with Gasteiger partial charge in [-0.3, -0.25) is 14.5 Å². The van der Waals surface area contributed by atoms with Crippen LogP contribution in [0.2, 0.25) is 0 Å². The number of nitrogens with zero attached hydrogens (tertiary/aromatic N) is 1. The van der Waals surface area contributed by atoms with Gasteiger partial charge in [0.1, 0.15) is 0 Å². The van der Waals surface area contributed by atoms with E-state index in [0.717, 1.165) is 16.7 Å². The number of carbonyl (C=O) groups is 3. The first-order valence-electron chi connectivity index (χ1n) is 7.32. The van der Waals surface area contributed by atoms with Gasteiger partial charge in [0.15, 0.2) is 11.5 Å². The zero-order valence-corrected chi connectivity index (χ0v) is 14.9. The molecule has 136 valence electrons. The molecule has 2 rings (SSSR count). The molecule has 4 amide bonds. The van der Waals surface area contributed by atoms with Crippen LogP contribution in [0.4, 0.5) is 15.3 Å². The number of benzene rings is 1. The van der Waals surface area contributed by atoms with Crippen LogP contribution in [0.25, 0.3) is 0 Å². The predicted octanol–water partition coefficient (Wildman–Crippen LogP) is 1.53. The summed E-state index contributed by atoms with van der Waals surface area (Å²) in [5.41, 5.74) is 0.441. The zero-order chi connectivity index (χ0) is 18.4. The van der Waals surface area contributed by atoms with Crippen molar-refractivity contribution >= 4 is 34.6 Å². The highest BCUT2D eigenvalue weighted by Crippen LogP contribution is 2.39. The van der Waals surface area contributed by atoms with Crippen molar-refractivity contribution in [2.45, 2.75) is 0 Å². The van der Waals surface area contributed by atoms with E-state index in [9.17, 15) is 14.4 Å². The van der Waals surface area contributed by atoms with E-state index in [1.54, 1.807) is 12.1 Å². The largest absolute Gasteiger partial charge is 0.493 e. The van der Waals surface area contributed by atoms with Gasteiger partial charge >= 0.3 is 6.03 Å². The molecule has 1 heterocycles. The van der Waals surface area contributed by atoms with Gasteiger partial charge in [0.2, 0.25) is 11.7 Å². The van der Waals surface area contributed by atoms with Crippen LogP contribution in [0.15, 0.2) is 12.1 Å². The van der Waals surface area contributed by atoms with Crippen molar-refractivity contribution in [3.05, 3.63) is 12.1 Å². The van der Waals surface area contributed by atoms with Crippen LogP contribution < -0.4 is 24.8 Å². The van der Waals surface area contributed by atoms with Crippen molar-refractivity contribution in [1.29, 1.82) is 0 Å². The van der Waals surface area contributed by atoms with E-state index in [2.05, 4.69) is 10.6 Å². The lowest BCUT2D eigenvalue weighted by molar-refractivity contribution is -0.124. The molecule has 1 aliphatic heterocycles. The number of amides is 4. The highest BCUT2D eigenvalue weighted by Gasteiger charge is 2.29. The standard InChI is InChI=1S/C15H19N3O6S/c1-22-10-6-9(7-11(23-2)13(10)24-3)17-14(20)16-4-5-18-12(19)8-25-15(18)21/h6-7H,4-5,8H2,1-3H3,(H2,16,17,20). The van der Waals surface area contributed by atoms with Crippen LogP contribution in [0.1, 0.15) is 0 Å². The molecule has 0 saturated carbocycles. The van der Waals surface area contributed by atoms with E-state index >= 15 is 0 Å². The number of hydrogen-bond acceptors (Lipinski definition) is 7. The van der Waals surface area contributed by atoms with Gasteiger partial charge in [0.05, 0.1) is 32.8 Å². The summed E-state index contributed by atoms with van der Waals surface area (Å²) in [4.78, 5) is 36.0. The number of anilines is 1. The molecule has 10 heteroatoms. The molecule has 1 aromatic carbocycles. The van der Waals surface area contributed by atoms with Crippen molar-refractivity contribution < 1.29 is 28.6 Å². The molecule has 0 atom stereocenters. The first kappa shape index (κ1) is 18.7. The minimum atomic E-state index is -0.485. The van der Waals surface area contributed by atoms with Gasteiger partial charge in [-0.15, -0.1) is 0 Å². The molecule has 9 nitrogen and oxygen atoms in total. The van der Waals surface area contributed by atoms with Gasteiger partial charge in [-0.25, -0.2) is 4.79 Å². The topological polar surface area (TPSA) is 106 Å². The Labute approximate surface area is 149 Å². The van der Waals surface area contributed by atoms with Gasteiger partial charge in [-0.1, -0.05) is 11.8 Å². The SMILES string of the molecule is COc1cc(NC(=O)NCCN2C(=O)CSC2=O)cc(OC)c1OC. The Morgan fingerprint density at radius 2 is 1.80 bits per heavy atom. The van der Waals surface area contributed by atoms with E-state index in [0.29, 0.717) is 22.9 Å². The highest BCUT2D eigenvalue weighted by atomic mass is 32.2. The number of urea groups is 1. The number of nitrogens with one attached hydrogen (secondary N) is 2. The summed E-state index contributed by atoms with van der Waals surface area (Å²) in [6.07, 6.45) is 0. The molecule has 0 spiro atoms. The number of hydrogen-bond donors (Lipinski definition) is 2. The first-order chi connectivity index (χ1) is 12.0. The van der Waals surface area contributed by atoms with Crippen molar-refractivity contribution in [2.24, 2.45) is 0 Å². The molecule has 1 aromatic rings. The fourth-order valence-corrected chi connectivity index (χ4v) is 2.96. The van der Waals surface area contributed by atoms with Crippen LogP contribution in [0.3, 0.4) is 0 Å². The van der Waals surface area contributed by atoms with E-state index in [1.165, 1.54) is 21.3 Å². The molecule has 0 aromatic heterocycles. The van der Waals surface area contributed by atoms with E-state index in [1.807, 2.05) is 0 Å². The quantitative estimate of drug-likeness (QED) is 0.751. The maximum atomic E-state index is 12.0. The zero-order valence-electron chi connectivity index (χ0n) is 14.1. The minimum absolute atomic E-state index is 0.132. The average Bonchev–Trinajstić information content (AvgIpc) is 2.92. The van der Waals surface area contributed by atoms with Crippen molar-refractivity contribution in [2.75, 3.05) is 45.5 Å². The number of imide groups is 1. The number of rotatable bonds is 7. The summed E-state index contributed by atoms with van der Waals surface area (Å²) in [7, 11) is 4.44. The molecule has 0 bridgehead atoms. The van der Waals surface area contributed by atoms with E-state index < -0.39 is 6.03 Å². The molecule has 0 radical (unpaired) electrons. The Bertz CT molecular complexity index is 640. The third kappa shape index (κ3) is 4.47. The van der Waals surface area contributed by atoms with E-state index in [4.69, 9.17) is 14.2 Å². The van der Waals surface area contributed by atoms with Crippen LogP contribution in [-0.4, -0.2) is 62.2 Å². The highest BCUT2D eigenvalue weighted by molar-refractivity contribution is 8.14. The van der Waals surface area contributed by atoms with Crippen LogP contribution in [-0.2, 0) is 4.79 Å². The molecule has 1 aliphatic rings. The van der Waals surface area contributed by atoms with Gasteiger partial charge in [-0.2, -0.15) is 0 Å². The molecule has 1 fully saturated rings. The van der Waals surface area contributed by atoms with Crippen LogP contribution >= 0.6 is 11.8 Å². The average molecular weight is 369 g/mol. The number of ether oxygens (including phenoxy) is 3.